The Bertz CT molecular complexity index is 1930. The number of hydrogen-bond acceptors (Lipinski definition) is 6. The summed E-state index contributed by atoms with van der Waals surface area (Å²) in [5, 5.41) is 24.4. The predicted octanol–water partition coefficient (Wildman–Crippen LogP) is 7.74. The normalized spacial score (nSPS) is 11.8. The number of aliphatic imine (C=N–C) groups is 2. The molecule has 8 heteroatoms. The van der Waals surface area contributed by atoms with Crippen molar-refractivity contribution in [1.82, 2.24) is 0 Å². The number of benzene rings is 6. The van der Waals surface area contributed by atoms with Gasteiger partial charge in [-0.25, -0.2) is 8.42 Å². The summed E-state index contributed by atoms with van der Waals surface area (Å²) in [5.74, 6) is 0.238. The molecule has 0 aliphatic rings. The van der Waals surface area contributed by atoms with Gasteiger partial charge in [-0.05, 0) is 82.2 Å². The van der Waals surface area contributed by atoms with Gasteiger partial charge in [0, 0.05) is 43.0 Å². The smallest absolute Gasteiger partial charge is 0.206 e. The van der Waals surface area contributed by atoms with Gasteiger partial charge in [-0.1, -0.05) is 60.7 Å². The summed E-state index contributed by atoms with van der Waals surface area (Å²) < 4.78 is 26.5. The van der Waals surface area contributed by atoms with E-state index in [4.69, 9.17) is 0 Å². The maximum Gasteiger partial charge on any atom is 0.206 e. The van der Waals surface area contributed by atoms with Gasteiger partial charge in [-0.15, -0.1) is 0 Å². The van der Waals surface area contributed by atoms with Crippen LogP contribution in [-0.4, -0.2) is 31.1 Å². The van der Waals surface area contributed by atoms with Crippen molar-refractivity contribution in [3.05, 3.63) is 132 Å². The fourth-order valence-corrected chi connectivity index (χ4v) is 5.94. The molecule has 0 saturated carbocycles. The summed E-state index contributed by atoms with van der Waals surface area (Å²) in [4.78, 5) is 9.18. The van der Waals surface area contributed by atoms with E-state index in [-0.39, 0.29) is 40.8 Å². The third-order valence-corrected chi connectivity index (χ3v) is 8.66. The molecule has 0 radical (unpaired) electrons. The van der Waals surface area contributed by atoms with Crippen molar-refractivity contribution >= 4 is 55.2 Å². The zero-order chi connectivity index (χ0) is 28.4. The molecule has 2 N–H and O–H groups in total. The molecule has 0 unspecified atom stereocenters. The summed E-state index contributed by atoms with van der Waals surface area (Å²) in [6.45, 7) is 0. The fourth-order valence-electron chi connectivity index (χ4n) is 4.68. The molecule has 0 saturated heterocycles. The van der Waals surface area contributed by atoms with Crippen molar-refractivity contribution in [3.8, 4) is 11.5 Å². The zero-order valence-corrected chi connectivity index (χ0v) is 26.2. The molecule has 42 heavy (non-hydrogen) atoms. The third-order valence-electron chi connectivity index (χ3n) is 6.87. The number of aromatic hydroxyl groups is 2. The topological polar surface area (TPSA) is 99.3 Å². The van der Waals surface area contributed by atoms with Crippen molar-refractivity contribution < 1.29 is 38.1 Å². The van der Waals surface area contributed by atoms with E-state index in [1.807, 2.05) is 60.7 Å². The van der Waals surface area contributed by atoms with Crippen LogP contribution >= 0.6 is 0 Å². The number of rotatable bonds is 6. The molecule has 0 atom stereocenters. The van der Waals surface area contributed by atoms with Gasteiger partial charge in [0.15, 0.2) is 0 Å². The molecule has 6 aromatic rings. The van der Waals surface area contributed by atoms with Gasteiger partial charge in [0.1, 0.15) is 11.5 Å². The van der Waals surface area contributed by atoms with Crippen LogP contribution in [0.4, 0.5) is 11.4 Å². The van der Waals surface area contributed by atoms with E-state index < -0.39 is 9.84 Å². The Morgan fingerprint density at radius 1 is 0.500 bits per heavy atom. The van der Waals surface area contributed by atoms with Crippen LogP contribution in [-0.2, 0) is 29.3 Å². The van der Waals surface area contributed by atoms with Gasteiger partial charge in [-0.2, -0.15) is 0 Å². The van der Waals surface area contributed by atoms with Gasteiger partial charge < -0.3 is 10.2 Å². The molecule has 0 aromatic heterocycles. The first-order chi connectivity index (χ1) is 19.9. The van der Waals surface area contributed by atoms with Crippen LogP contribution < -0.4 is 0 Å². The Balaban J connectivity index is 0.00000353. The molecule has 0 aliphatic carbocycles. The van der Waals surface area contributed by atoms with E-state index >= 15 is 0 Å². The molecule has 0 bridgehead atoms. The maximum atomic E-state index is 13.3. The monoisotopic (exact) mass is 620 g/mol. The van der Waals surface area contributed by atoms with E-state index in [1.54, 1.807) is 48.8 Å². The Morgan fingerprint density at radius 2 is 0.881 bits per heavy atom. The second kappa shape index (κ2) is 12.1. The minimum atomic E-state index is -3.76. The second-order valence-electron chi connectivity index (χ2n) is 9.45. The maximum absolute atomic E-state index is 13.3. The zero-order valence-electron chi connectivity index (χ0n) is 22.4. The van der Waals surface area contributed by atoms with Crippen LogP contribution in [0.25, 0.3) is 21.5 Å². The van der Waals surface area contributed by atoms with Crippen LogP contribution in [0.15, 0.2) is 141 Å². The SMILES string of the molecule is O=S(=O)(c1ccc(N=Cc2c(O)ccc3ccccc23)cc1)c1ccc(N=Cc2c(O)ccc3ccccc23)cc1.[Zn]. The summed E-state index contributed by atoms with van der Waals surface area (Å²) in [7, 11) is -3.76. The fraction of sp³-hybridized carbons (Fsp3) is 0. The van der Waals surface area contributed by atoms with Gasteiger partial charge in [-0.3, -0.25) is 9.98 Å². The predicted molar refractivity (Wildman–Crippen MR) is 164 cm³/mol. The number of fused-ring (bicyclic) bond motifs is 2. The molecule has 0 aliphatic heterocycles. The number of nitrogens with zero attached hydrogens (tertiary/aromatic N) is 2. The van der Waals surface area contributed by atoms with Crippen molar-refractivity contribution in [2.75, 3.05) is 0 Å². The molecule has 0 heterocycles. The summed E-state index contributed by atoms with van der Waals surface area (Å²) in [6.07, 6.45) is 3.16. The molecule has 202 valence electrons. The summed E-state index contributed by atoms with van der Waals surface area (Å²) in [5.41, 5.74) is 2.30. The average Bonchev–Trinajstić information content (AvgIpc) is 3.00. The molecular formula is C34H24N2O4SZn. The number of hydrogen-bond donors (Lipinski definition) is 2. The van der Waals surface area contributed by atoms with Crippen LogP contribution in [0.3, 0.4) is 0 Å². The molecule has 6 rings (SSSR count). The standard InChI is InChI=1S/C34H24N2O4S.Zn/c37-33-19-9-23-5-1-3-7-29(23)31(33)21-35-25-11-15-27(16-12-25)41(39,40)28-17-13-26(14-18-28)36-22-32-30-8-4-2-6-24(30)10-20-34(32)38;/h1-22,37-38H;. The van der Waals surface area contributed by atoms with Gasteiger partial charge >= 0.3 is 0 Å². The summed E-state index contributed by atoms with van der Waals surface area (Å²) in [6, 6.07) is 34.9. The molecule has 0 spiro atoms. The first-order valence-corrected chi connectivity index (χ1v) is 14.3. The Labute approximate surface area is 256 Å². The van der Waals surface area contributed by atoms with Crippen molar-refractivity contribution in [1.29, 1.82) is 0 Å². The van der Waals surface area contributed by atoms with E-state index in [0.717, 1.165) is 21.5 Å². The quantitative estimate of drug-likeness (QED) is 0.147. The van der Waals surface area contributed by atoms with Crippen LogP contribution in [0.5, 0.6) is 11.5 Å². The number of phenolic OH excluding ortho intramolecular Hbond substituents is 2. The second-order valence-corrected chi connectivity index (χ2v) is 11.4. The minimum absolute atomic E-state index is 0. The van der Waals surface area contributed by atoms with Gasteiger partial charge in [0.2, 0.25) is 9.84 Å². The number of phenols is 2. The van der Waals surface area contributed by atoms with Gasteiger partial charge in [0.25, 0.3) is 0 Å². The van der Waals surface area contributed by atoms with E-state index in [0.29, 0.717) is 22.5 Å². The number of sulfone groups is 1. The molecule has 6 nitrogen and oxygen atoms in total. The first-order valence-electron chi connectivity index (χ1n) is 12.8. The van der Waals surface area contributed by atoms with Crippen molar-refractivity contribution in [2.24, 2.45) is 9.98 Å². The van der Waals surface area contributed by atoms with Crippen molar-refractivity contribution in [2.45, 2.75) is 9.79 Å². The Morgan fingerprint density at radius 3 is 1.29 bits per heavy atom. The minimum Gasteiger partial charge on any atom is -0.507 e. The molecular weight excluding hydrogens is 598 g/mol. The summed E-state index contributed by atoms with van der Waals surface area (Å²) >= 11 is 0. The van der Waals surface area contributed by atoms with E-state index in [2.05, 4.69) is 9.98 Å². The van der Waals surface area contributed by atoms with Crippen LogP contribution in [0.1, 0.15) is 11.1 Å². The third kappa shape index (κ3) is 5.73. The molecule has 0 fully saturated rings. The van der Waals surface area contributed by atoms with Crippen LogP contribution in [0.2, 0.25) is 0 Å². The molecule has 6 aromatic carbocycles. The van der Waals surface area contributed by atoms with E-state index in [1.165, 1.54) is 24.3 Å². The van der Waals surface area contributed by atoms with E-state index in [9.17, 15) is 18.6 Å². The Kier molecular flexibility index (Phi) is 8.30. The molecule has 0 amide bonds. The van der Waals surface area contributed by atoms with Crippen molar-refractivity contribution in [3.63, 3.8) is 0 Å². The van der Waals surface area contributed by atoms with Gasteiger partial charge in [0.05, 0.1) is 21.2 Å². The Hall–Kier alpha value is -4.65. The largest absolute Gasteiger partial charge is 0.507 e. The average molecular weight is 622 g/mol. The van der Waals surface area contributed by atoms with Crippen LogP contribution in [0, 0.1) is 0 Å². The first kappa shape index (κ1) is 28.9.